The summed E-state index contributed by atoms with van der Waals surface area (Å²) >= 11 is 0. The number of hydrogen-bond donors (Lipinski definition) is 2. The molecule has 0 radical (unpaired) electrons. The lowest BCUT2D eigenvalue weighted by Gasteiger charge is -2.19. The van der Waals surface area contributed by atoms with Gasteiger partial charge in [-0.05, 0) is 13.3 Å². The van der Waals surface area contributed by atoms with Gasteiger partial charge in [0.15, 0.2) is 0 Å². The molecule has 0 aliphatic carbocycles. The molecule has 0 aromatic rings. The van der Waals surface area contributed by atoms with Crippen LogP contribution >= 0.6 is 0 Å². The van der Waals surface area contributed by atoms with Crippen LogP contribution in [-0.2, 0) is 9.53 Å². The van der Waals surface area contributed by atoms with Crippen LogP contribution in [0, 0.1) is 0 Å². The summed E-state index contributed by atoms with van der Waals surface area (Å²) in [5.41, 5.74) is -1.15. The van der Waals surface area contributed by atoms with Crippen LogP contribution in [0.5, 0.6) is 0 Å². The fourth-order valence-corrected chi connectivity index (χ4v) is 1.94. The maximum Gasteiger partial charge on any atom is 0.305 e. The van der Waals surface area contributed by atoms with E-state index >= 15 is 0 Å². The number of aliphatic hydroxyl groups is 2. The molecule has 0 spiro atoms. The summed E-state index contributed by atoms with van der Waals surface area (Å²) in [6, 6.07) is 0. The van der Waals surface area contributed by atoms with Gasteiger partial charge in [0, 0.05) is 12.8 Å². The molecule has 0 bridgehead atoms. The Morgan fingerprint density at radius 2 is 1.60 bits per heavy atom. The third-order valence-corrected chi connectivity index (χ3v) is 3.48. The number of rotatable bonds is 13. The molecule has 1 atom stereocenters. The van der Waals surface area contributed by atoms with Crippen LogP contribution in [-0.4, -0.2) is 35.0 Å². The van der Waals surface area contributed by atoms with Gasteiger partial charge >= 0.3 is 5.97 Å². The highest BCUT2D eigenvalue weighted by Crippen LogP contribution is 2.11. The molecule has 4 nitrogen and oxygen atoms in total. The highest BCUT2D eigenvalue weighted by Gasteiger charge is 2.19. The van der Waals surface area contributed by atoms with E-state index in [1.807, 2.05) is 0 Å². The number of carbonyl (C=O) groups excluding carboxylic acids is 1. The van der Waals surface area contributed by atoms with Gasteiger partial charge in [-0.1, -0.05) is 51.9 Å². The molecule has 0 aliphatic heterocycles. The highest BCUT2D eigenvalue weighted by molar-refractivity contribution is 5.69. The fraction of sp³-hybridized carbons (Fsp3) is 0.938. The molecular formula is C16H32O4. The standard InChI is InChI=1S/C16H32O4/c1-3-4-5-6-7-8-9-10-11-15(18)20-13-12-16(2,19)14-17/h17,19H,3-14H2,1-2H3. The Kier molecular flexibility index (Phi) is 11.8. The largest absolute Gasteiger partial charge is 0.466 e. The fourth-order valence-electron chi connectivity index (χ4n) is 1.94. The van der Waals surface area contributed by atoms with Gasteiger partial charge in [0.1, 0.15) is 0 Å². The third-order valence-electron chi connectivity index (χ3n) is 3.48. The van der Waals surface area contributed by atoms with Crippen molar-refractivity contribution in [2.75, 3.05) is 13.2 Å². The lowest BCUT2D eigenvalue weighted by atomic mass is 10.1. The van der Waals surface area contributed by atoms with E-state index in [0.29, 0.717) is 6.42 Å². The van der Waals surface area contributed by atoms with E-state index < -0.39 is 5.60 Å². The van der Waals surface area contributed by atoms with E-state index in [1.165, 1.54) is 45.4 Å². The molecule has 0 rings (SSSR count). The maximum absolute atomic E-state index is 11.4. The van der Waals surface area contributed by atoms with Crippen molar-refractivity contribution in [2.24, 2.45) is 0 Å². The van der Waals surface area contributed by atoms with Gasteiger partial charge in [-0.15, -0.1) is 0 Å². The second kappa shape index (κ2) is 12.2. The Labute approximate surface area is 123 Å². The van der Waals surface area contributed by atoms with Crippen molar-refractivity contribution in [1.82, 2.24) is 0 Å². The topological polar surface area (TPSA) is 66.8 Å². The Bertz CT molecular complexity index is 239. The van der Waals surface area contributed by atoms with Gasteiger partial charge in [0.25, 0.3) is 0 Å². The molecule has 4 heteroatoms. The Morgan fingerprint density at radius 1 is 1.05 bits per heavy atom. The number of ether oxygens (including phenoxy) is 1. The number of carbonyl (C=O) groups is 1. The van der Waals surface area contributed by atoms with Crippen LogP contribution in [0.15, 0.2) is 0 Å². The van der Waals surface area contributed by atoms with Gasteiger partial charge in [0.05, 0.1) is 18.8 Å². The smallest absolute Gasteiger partial charge is 0.305 e. The summed E-state index contributed by atoms with van der Waals surface area (Å²) in [4.78, 5) is 11.4. The van der Waals surface area contributed by atoms with Crippen LogP contribution < -0.4 is 0 Å². The van der Waals surface area contributed by atoms with Crippen molar-refractivity contribution in [1.29, 1.82) is 0 Å². The minimum atomic E-state index is -1.15. The molecule has 0 amide bonds. The molecule has 0 aromatic heterocycles. The quantitative estimate of drug-likeness (QED) is 0.403. The summed E-state index contributed by atoms with van der Waals surface area (Å²) < 4.78 is 5.03. The maximum atomic E-state index is 11.4. The summed E-state index contributed by atoms with van der Waals surface area (Å²) in [6.07, 6.45) is 10.4. The average molecular weight is 288 g/mol. The molecule has 1 unspecified atom stereocenters. The average Bonchev–Trinajstić information content (AvgIpc) is 2.41. The van der Waals surface area contributed by atoms with Crippen molar-refractivity contribution in [3.63, 3.8) is 0 Å². The first-order valence-corrected chi connectivity index (χ1v) is 8.00. The van der Waals surface area contributed by atoms with Gasteiger partial charge in [-0.2, -0.15) is 0 Å². The zero-order valence-corrected chi connectivity index (χ0v) is 13.2. The van der Waals surface area contributed by atoms with Crippen molar-refractivity contribution >= 4 is 5.97 Å². The molecule has 0 heterocycles. The Morgan fingerprint density at radius 3 is 2.15 bits per heavy atom. The highest BCUT2D eigenvalue weighted by atomic mass is 16.5. The van der Waals surface area contributed by atoms with Gasteiger partial charge in [-0.25, -0.2) is 0 Å². The molecule has 20 heavy (non-hydrogen) atoms. The number of hydrogen-bond acceptors (Lipinski definition) is 4. The van der Waals surface area contributed by atoms with Crippen LogP contribution in [0.25, 0.3) is 0 Å². The van der Waals surface area contributed by atoms with E-state index in [1.54, 1.807) is 0 Å². The minimum Gasteiger partial charge on any atom is -0.466 e. The first-order valence-electron chi connectivity index (χ1n) is 8.00. The Balaban J connectivity index is 3.33. The van der Waals surface area contributed by atoms with Crippen LogP contribution in [0.1, 0.15) is 78.1 Å². The zero-order valence-electron chi connectivity index (χ0n) is 13.2. The summed E-state index contributed by atoms with van der Waals surface area (Å²) in [5.74, 6) is -0.204. The molecule has 0 fully saturated rings. The summed E-state index contributed by atoms with van der Waals surface area (Å²) in [7, 11) is 0. The number of esters is 1. The predicted molar refractivity (Wildman–Crippen MR) is 80.5 cm³/mol. The van der Waals surface area contributed by atoms with E-state index in [4.69, 9.17) is 9.84 Å². The van der Waals surface area contributed by atoms with Gasteiger partial charge in [0.2, 0.25) is 0 Å². The molecule has 0 aliphatic rings. The van der Waals surface area contributed by atoms with Crippen molar-refractivity contribution < 1.29 is 19.7 Å². The van der Waals surface area contributed by atoms with Crippen molar-refractivity contribution in [3.05, 3.63) is 0 Å². The van der Waals surface area contributed by atoms with Crippen LogP contribution in [0.4, 0.5) is 0 Å². The molecule has 0 saturated heterocycles. The SMILES string of the molecule is CCCCCCCCCCC(=O)OCCC(C)(O)CO. The van der Waals surface area contributed by atoms with E-state index in [0.717, 1.165) is 12.8 Å². The molecule has 2 N–H and O–H groups in total. The van der Waals surface area contributed by atoms with Crippen LogP contribution in [0.3, 0.4) is 0 Å². The lowest BCUT2D eigenvalue weighted by molar-refractivity contribution is -0.145. The molecule has 120 valence electrons. The molecular weight excluding hydrogens is 256 g/mol. The van der Waals surface area contributed by atoms with E-state index in [9.17, 15) is 9.90 Å². The number of unbranched alkanes of at least 4 members (excludes halogenated alkanes) is 7. The first-order chi connectivity index (χ1) is 9.52. The number of aliphatic hydroxyl groups excluding tert-OH is 1. The van der Waals surface area contributed by atoms with E-state index in [-0.39, 0.29) is 25.6 Å². The normalized spacial score (nSPS) is 14.0. The van der Waals surface area contributed by atoms with E-state index in [2.05, 4.69) is 6.92 Å². The molecule has 0 saturated carbocycles. The third kappa shape index (κ3) is 12.4. The van der Waals surface area contributed by atoms with Crippen molar-refractivity contribution in [3.8, 4) is 0 Å². The minimum absolute atomic E-state index is 0.170. The predicted octanol–water partition coefficient (Wildman–Crippen LogP) is 3.19. The first kappa shape index (κ1) is 19.4. The zero-order chi connectivity index (χ0) is 15.3. The van der Waals surface area contributed by atoms with Gasteiger partial charge in [-0.3, -0.25) is 4.79 Å². The lowest BCUT2D eigenvalue weighted by Crippen LogP contribution is -2.30. The van der Waals surface area contributed by atoms with Gasteiger partial charge < -0.3 is 14.9 Å². The summed E-state index contributed by atoms with van der Waals surface area (Å²) in [6.45, 7) is 3.59. The second-order valence-corrected chi connectivity index (χ2v) is 5.85. The monoisotopic (exact) mass is 288 g/mol. The van der Waals surface area contributed by atoms with Crippen molar-refractivity contribution in [2.45, 2.75) is 83.7 Å². The Hall–Kier alpha value is -0.610. The molecule has 0 aromatic carbocycles. The second-order valence-electron chi connectivity index (χ2n) is 5.85. The summed E-state index contributed by atoms with van der Waals surface area (Å²) in [5, 5.41) is 18.4. The van der Waals surface area contributed by atoms with Crippen LogP contribution in [0.2, 0.25) is 0 Å².